The molecule has 2 N–H and O–H groups in total. The standard InChI is InChI=1S/C11H18F3N/c12-11(13,14)10(8-15)6-9(7-10)4-2-1-3-5-9/h1-8,15H2. The summed E-state index contributed by atoms with van der Waals surface area (Å²) in [5.41, 5.74) is 3.77. The maximum absolute atomic E-state index is 12.8. The van der Waals surface area contributed by atoms with Crippen LogP contribution in [0.3, 0.4) is 0 Å². The van der Waals surface area contributed by atoms with Crippen molar-refractivity contribution in [2.75, 3.05) is 6.54 Å². The summed E-state index contributed by atoms with van der Waals surface area (Å²) in [5, 5.41) is 0. The lowest BCUT2D eigenvalue weighted by Gasteiger charge is -2.58. The molecule has 4 heteroatoms. The van der Waals surface area contributed by atoms with Crippen LogP contribution in [0.1, 0.15) is 44.9 Å². The van der Waals surface area contributed by atoms with Crippen LogP contribution in [0.15, 0.2) is 0 Å². The molecule has 0 radical (unpaired) electrons. The average molecular weight is 221 g/mol. The van der Waals surface area contributed by atoms with Crippen LogP contribution >= 0.6 is 0 Å². The molecular formula is C11H18F3N. The fourth-order valence-corrected chi connectivity index (χ4v) is 3.50. The van der Waals surface area contributed by atoms with Gasteiger partial charge in [-0.05, 0) is 31.1 Å². The molecule has 0 heterocycles. The summed E-state index contributed by atoms with van der Waals surface area (Å²) in [4.78, 5) is 0. The molecule has 2 saturated carbocycles. The zero-order valence-corrected chi connectivity index (χ0v) is 8.87. The second-order valence-corrected chi connectivity index (χ2v) is 5.40. The van der Waals surface area contributed by atoms with Crippen molar-refractivity contribution in [1.82, 2.24) is 0 Å². The van der Waals surface area contributed by atoms with Gasteiger partial charge in [-0.1, -0.05) is 19.3 Å². The molecule has 1 nitrogen and oxygen atoms in total. The molecule has 0 aromatic carbocycles. The van der Waals surface area contributed by atoms with Crippen LogP contribution in [0.2, 0.25) is 0 Å². The van der Waals surface area contributed by atoms with Crippen molar-refractivity contribution in [3.63, 3.8) is 0 Å². The SMILES string of the molecule is NCC1(C(F)(F)F)CC2(CCCCC2)C1. The zero-order chi connectivity index (χ0) is 11.2. The molecule has 2 rings (SSSR count). The van der Waals surface area contributed by atoms with Gasteiger partial charge in [0.1, 0.15) is 0 Å². The van der Waals surface area contributed by atoms with Crippen LogP contribution in [0, 0.1) is 10.8 Å². The summed E-state index contributed by atoms with van der Waals surface area (Å²) < 4.78 is 38.4. The number of hydrogen-bond donors (Lipinski definition) is 1. The smallest absolute Gasteiger partial charge is 0.330 e. The van der Waals surface area contributed by atoms with Crippen LogP contribution in [-0.2, 0) is 0 Å². The number of nitrogens with two attached hydrogens (primary N) is 1. The highest BCUT2D eigenvalue weighted by Crippen LogP contribution is 2.65. The van der Waals surface area contributed by atoms with Gasteiger partial charge < -0.3 is 5.73 Å². The highest BCUT2D eigenvalue weighted by atomic mass is 19.4. The molecule has 1 spiro atoms. The molecule has 0 bridgehead atoms. The Morgan fingerprint density at radius 3 is 1.93 bits per heavy atom. The Balaban J connectivity index is 2.05. The largest absolute Gasteiger partial charge is 0.395 e. The van der Waals surface area contributed by atoms with E-state index >= 15 is 0 Å². The summed E-state index contributed by atoms with van der Waals surface area (Å²) in [6.45, 7) is -0.238. The molecule has 0 unspecified atom stereocenters. The molecule has 0 aromatic rings. The lowest BCUT2D eigenvalue weighted by molar-refractivity contribution is -0.282. The predicted molar refractivity (Wildman–Crippen MR) is 52.3 cm³/mol. The summed E-state index contributed by atoms with van der Waals surface area (Å²) in [7, 11) is 0. The Morgan fingerprint density at radius 2 is 1.53 bits per heavy atom. The third-order valence-corrected chi connectivity index (χ3v) is 4.33. The van der Waals surface area contributed by atoms with Crippen molar-refractivity contribution < 1.29 is 13.2 Å². The van der Waals surface area contributed by atoms with Gasteiger partial charge >= 0.3 is 6.18 Å². The van der Waals surface area contributed by atoms with Crippen LogP contribution < -0.4 is 5.73 Å². The Morgan fingerprint density at radius 1 is 1.00 bits per heavy atom. The molecule has 2 fully saturated rings. The maximum atomic E-state index is 12.8. The van der Waals surface area contributed by atoms with E-state index in [1.165, 1.54) is 6.42 Å². The molecule has 0 amide bonds. The molecule has 88 valence electrons. The zero-order valence-electron chi connectivity index (χ0n) is 8.87. The van der Waals surface area contributed by atoms with Gasteiger partial charge in [0, 0.05) is 6.54 Å². The Bertz CT molecular complexity index is 233. The van der Waals surface area contributed by atoms with E-state index in [4.69, 9.17) is 5.73 Å². The van der Waals surface area contributed by atoms with Crippen LogP contribution in [0.4, 0.5) is 13.2 Å². The fourth-order valence-electron chi connectivity index (χ4n) is 3.50. The van der Waals surface area contributed by atoms with Gasteiger partial charge in [0.25, 0.3) is 0 Å². The third-order valence-electron chi connectivity index (χ3n) is 4.33. The van der Waals surface area contributed by atoms with Crippen molar-refractivity contribution in [3.8, 4) is 0 Å². The van der Waals surface area contributed by atoms with E-state index in [0.29, 0.717) is 0 Å². The first-order chi connectivity index (χ1) is 6.93. The monoisotopic (exact) mass is 221 g/mol. The lowest BCUT2D eigenvalue weighted by Crippen LogP contribution is -2.59. The van der Waals surface area contributed by atoms with Crippen LogP contribution in [0.5, 0.6) is 0 Å². The van der Waals surface area contributed by atoms with Gasteiger partial charge in [0.2, 0.25) is 0 Å². The van der Waals surface area contributed by atoms with E-state index in [1.807, 2.05) is 0 Å². The van der Waals surface area contributed by atoms with E-state index < -0.39 is 11.6 Å². The summed E-state index contributed by atoms with van der Waals surface area (Å²) in [5.74, 6) is 0. The first kappa shape index (κ1) is 11.2. The summed E-state index contributed by atoms with van der Waals surface area (Å²) >= 11 is 0. The molecule has 15 heavy (non-hydrogen) atoms. The van der Waals surface area contributed by atoms with Gasteiger partial charge in [0.15, 0.2) is 0 Å². The number of rotatable bonds is 1. The van der Waals surface area contributed by atoms with E-state index in [1.54, 1.807) is 0 Å². The highest BCUT2D eigenvalue weighted by molar-refractivity contribution is 5.07. The molecule has 2 aliphatic rings. The van der Waals surface area contributed by atoms with Gasteiger partial charge in [-0.2, -0.15) is 13.2 Å². The molecule has 0 atom stereocenters. The highest BCUT2D eigenvalue weighted by Gasteiger charge is 2.66. The van der Waals surface area contributed by atoms with E-state index in [9.17, 15) is 13.2 Å². The maximum Gasteiger partial charge on any atom is 0.395 e. The Labute approximate surface area is 88.2 Å². The van der Waals surface area contributed by atoms with E-state index in [0.717, 1.165) is 25.7 Å². The molecule has 0 aliphatic heterocycles. The average Bonchev–Trinajstić information content (AvgIpc) is 2.13. The quantitative estimate of drug-likeness (QED) is 0.722. The fraction of sp³-hybridized carbons (Fsp3) is 1.00. The van der Waals surface area contributed by atoms with Gasteiger partial charge in [-0.15, -0.1) is 0 Å². The Hall–Kier alpha value is -0.250. The summed E-state index contributed by atoms with van der Waals surface area (Å²) in [6.07, 6.45) is 1.78. The minimum atomic E-state index is -4.11. The normalized spacial score (nSPS) is 28.8. The second-order valence-electron chi connectivity index (χ2n) is 5.40. The third kappa shape index (κ3) is 1.67. The first-order valence-corrected chi connectivity index (χ1v) is 5.70. The molecule has 2 aliphatic carbocycles. The number of hydrogen-bond acceptors (Lipinski definition) is 1. The van der Waals surface area contributed by atoms with Crippen LogP contribution in [-0.4, -0.2) is 12.7 Å². The lowest BCUT2D eigenvalue weighted by atomic mass is 9.48. The van der Waals surface area contributed by atoms with Crippen molar-refractivity contribution in [2.24, 2.45) is 16.6 Å². The topological polar surface area (TPSA) is 26.0 Å². The van der Waals surface area contributed by atoms with Crippen LogP contribution in [0.25, 0.3) is 0 Å². The molecule has 0 saturated heterocycles. The van der Waals surface area contributed by atoms with Crippen molar-refractivity contribution >= 4 is 0 Å². The van der Waals surface area contributed by atoms with Crippen molar-refractivity contribution in [3.05, 3.63) is 0 Å². The first-order valence-electron chi connectivity index (χ1n) is 5.70. The van der Waals surface area contributed by atoms with Gasteiger partial charge in [-0.25, -0.2) is 0 Å². The van der Waals surface area contributed by atoms with Gasteiger partial charge in [-0.3, -0.25) is 0 Å². The Kier molecular flexibility index (Phi) is 2.53. The summed E-state index contributed by atoms with van der Waals surface area (Å²) in [6, 6.07) is 0. The van der Waals surface area contributed by atoms with E-state index in [-0.39, 0.29) is 24.8 Å². The van der Waals surface area contributed by atoms with Crippen molar-refractivity contribution in [1.29, 1.82) is 0 Å². The predicted octanol–water partition coefficient (Wildman–Crippen LogP) is 3.24. The number of halogens is 3. The minimum Gasteiger partial charge on any atom is -0.330 e. The molecular weight excluding hydrogens is 203 g/mol. The second kappa shape index (κ2) is 3.37. The number of alkyl halides is 3. The van der Waals surface area contributed by atoms with Gasteiger partial charge in [0.05, 0.1) is 5.41 Å². The minimum absolute atomic E-state index is 0.00681. The van der Waals surface area contributed by atoms with E-state index in [2.05, 4.69) is 0 Å². The molecule has 0 aromatic heterocycles. The van der Waals surface area contributed by atoms with Crippen molar-refractivity contribution in [2.45, 2.75) is 51.1 Å².